The van der Waals surface area contributed by atoms with Crippen molar-refractivity contribution in [1.82, 2.24) is 19.5 Å². The highest BCUT2D eigenvalue weighted by Gasteiger charge is 2.22. The number of allylic oxidation sites excluding steroid dienone is 1. The van der Waals surface area contributed by atoms with E-state index in [1.54, 1.807) is 0 Å². The second-order valence-electron chi connectivity index (χ2n) is 15.2. The molecule has 0 aliphatic heterocycles. The Morgan fingerprint density at radius 2 is 1.03 bits per heavy atom. The molecule has 0 radical (unpaired) electrons. The molecule has 0 aliphatic carbocycles. The van der Waals surface area contributed by atoms with Gasteiger partial charge in [-0.15, -0.1) is 0 Å². The Morgan fingerprint density at radius 3 is 1.67 bits per heavy atom. The van der Waals surface area contributed by atoms with Crippen LogP contribution in [0.3, 0.4) is 0 Å². The minimum Gasteiger partial charge on any atom is -0.455 e. The van der Waals surface area contributed by atoms with Crippen molar-refractivity contribution in [2.75, 3.05) is 0 Å². The molecule has 0 atom stereocenters. The number of hydrogen-bond donors (Lipinski definition) is 0. The molecule has 3 aromatic heterocycles. The fourth-order valence-corrected chi connectivity index (χ4v) is 8.69. The molecule has 0 unspecified atom stereocenters. The summed E-state index contributed by atoms with van der Waals surface area (Å²) in [6.45, 7) is 6.08. The van der Waals surface area contributed by atoms with E-state index in [-0.39, 0.29) is 0 Å². The third-order valence-electron chi connectivity index (χ3n) is 11.5. The largest absolute Gasteiger partial charge is 0.455 e. The zero-order valence-corrected chi connectivity index (χ0v) is 33.5. The Labute approximate surface area is 353 Å². The van der Waals surface area contributed by atoms with Crippen molar-refractivity contribution in [3.63, 3.8) is 0 Å². The number of para-hydroxylation sites is 2. The van der Waals surface area contributed by atoms with Gasteiger partial charge in [0.2, 0.25) is 5.95 Å². The zero-order valence-electron chi connectivity index (χ0n) is 33.5. The normalized spacial score (nSPS) is 11.7. The van der Waals surface area contributed by atoms with Gasteiger partial charge in [-0.3, -0.25) is 4.57 Å². The highest BCUT2D eigenvalue weighted by molar-refractivity contribution is 6.17. The van der Waals surface area contributed by atoms with E-state index >= 15 is 0 Å². The molecule has 0 N–H and O–H groups in total. The summed E-state index contributed by atoms with van der Waals surface area (Å²) in [5.41, 5.74) is 12.3. The van der Waals surface area contributed by atoms with E-state index in [1.165, 1.54) is 5.39 Å². The van der Waals surface area contributed by atoms with Gasteiger partial charge in [0, 0.05) is 44.0 Å². The molecule has 5 heteroatoms. The zero-order chi connectivity index (χ0) is 40.9. The first-order valence-corrected chi connectivity index (χ1v) is 20.5. The van der Waals surface area contributed by atoms with Gasteiger partial charge in [-0.2, -0.15) is 9.97 Å². The van der Waals surface area contributed by atoms with Gasteiger partial charge < -0.3 is 4.42 Å². The number of furan rings is 1. The molecule has 0 amide bonds. The van der Waals surface area contributed by atoms with Crippen LogP contribution in [0.1, 0.15) is 18.2 Å². The molecule has 288 valence electrons. The lowest BCUT2D eigenvalue weighted by Gasteiger charge is -2.14. The van der Waals surface area contributed by atoms with Crippen molar-refractivity contribution in [2.45, 2.75) is 6.92 Å². The molecule has 0 aliphatic rings. The van der Waals surface area contributed by atoms with Crippen LogP contribution >= 0.6 is 0 Å². The molecule has 11 aromatic rings. The number of rotatable bonds is 8. The molecular weight excluding hydrogens is 745 g/mol. The summed E-state index contributed by atoms with van der Waals surface area (Å²) in [5.74, 6) is 2.60. The summed E-state index contributed by atoms with van der Waals surface area (Å²) < 4.78 is 8.71. The lowest BCUT2D eigenvalue weighted by molar-refractivity contribution is 0.604. The molecule has 61 heavy (non-hydrogen) atoms. The van der Waals surface area contributed by atoms with Crippen LogP contribution in [0, 0.1) is 0 Å². The maximum absolute atomic E-state index is 6.47. The topological polar surface area (TPSA) is 56.7 Å². The van der Waals surface area contributed by atoms with E-state index in [0.717, 1.165) is 94.0 Å². The first-order chi connectivity index (χ1) is 30.1. The number of nitrogens with zero attached hydrogens (tertiary/aromatic N) is 4. The predicted molar refractivity (Wildman–Crippen MR) is 253 cm³/mol. The summed E-state index contributed by atoms with van der Waals surface area (Å²) >= 11 is 0. The van der Waals surface area contributed by atoms with Crippen LogP contribution in [0.4, 0.5) is 0 Å². The molecule has 3 heterocycles. The minimum absolute atomic E-state index is 0.559. The first-order valence-electron chi connectivity index (χ1n) is 20.5. The second-order valence-corrected chi connectivity index (χ2v) is 15.2. The number of benzene rings is 8. The van der Waals surface area contributed by atoms with Gasteiger partial charge in [0.25, 0.3) is 0 Å². The van der Waals surface area contributed by atoms with Crippen molar-refractivity contribution < 1.29 is 4.42 Å². The van der Waals surface area contributed by atoms with Crippen LogP contribution in [0.5, 0.6) is 0 Å². The fraction of sp³-hybridized carbons (Fsp3) is 0.0179. The van der Waals surface area contributed by atoms with E-state index in [2.05, 4.69) is 132 Å². The Kier molecular flexibility index (Phi) is 8.79. The van der Waals surface area contributed by atoms with Crippen molar-refractivity contribution >= 4 is 55.7 Å². The Bertz CT molecular complexity index is 3450. The Morgan fingerprint density at radius 1 is 0.492 bits per heavy atom. The molecule has 8 aromatic carbocycles. The van der Waals surface area contributed by atoms with E-state index in [1.807, 2.05) is 85.8 Å². The van der Waals surface area contributed by atoms with Gasteiger partial charge in [0.1, 0.15) is 11.3 Å². The average molecular weight is 783 g/mol. The average Bonchev–Trinajstić information content (AvgIpc) is 3.86. The third-order valence-corrected chi connectivity index (χ3v) is 11.5. The van der Waals surface area contributed by atoms with Crippen molar-refractivity contribution in [2.24, 2.45) is 0 Å². The van der Waals surface area contributed by atoms with E-state index in [9.17, 15) is 0 Å². The molecule has 0 bridgehead atoms. The molecule has 5 nitrogen and oxygen atoms in total. The van der Waals surface area contributed by atoms with Gasteiger partial charge >= 0.3 is 0 Å². The standard InChI is InChI=1S/C56H38N4O/c1-3-17-51-44(4-2)48-31-16-29-46(53(48)61-51)43-27-14-25-39(33-43)38-24-13-26-42(32-38)45-28-15-30-47-49-34-40-22-11-12-23-41(40)35-50(49)60(52(45)47)56-58-54(36-18-7-5-8-19-36)57-55(59-56)37-20-9-6-10-21-37/h3-35H,2H2,1H3/b17-3-. The maximum atomic E-state index is 6.47. The summed E-state index contributed by atoms with van der Waals surface area (Å²) in [4.78, 5) is 15.6. The maximum Gasteiger partial charge on any atom is 0.238 e. The summed E-state index contributed by atoms with van der Waals surface area (Å²) in [7, 11) is 0. The number of aromatic nitrogens is 4. The van der Waals surface area contributed by atoms with Gasteiger partial charge in [-0.05, 0) is 70.3 Å². The quantitative estimate of drug-likeness (QED) is 0.154. The van der Waals surface area contributed by atoms with Crippen molar-refractivity contribution in [1.29, 1.82) is 0 Å². The third kappa shape index (κ3) is 6.23. The molecule has 0 saturated heterocycles. The van der Waals surface area contributed by atoms with Crippen LogP contribution in [-0.4, -0.2) is 19.5 Å². The van der Waals surface area contributed by atoms with E-state index < -0.39 is 0 Å². The first kappa shape index (κ1) is 36.0. The molecule has 0 fully saturated rings. The van der Waals surface area contributed by atoms with Crippen LogP contribution in [0.2, 0.25) is 0 Å². The lowest BCUT2D eigenvalue weighted by atomic mass is 9.94. The van der Waals surface area contributed by atoms with Crippen LogP contribution in [0.15, 0.2) is 199 Å². The monoisotopic (exact) mass is 782 g/mol. The van der Waals surface area contributed by atoms with Gasteiger partial charge in [-0.25, -0.2) is 4.98 Å². The highest BCUT2D eigenvalue weighted by atomic mass is 16.3. The molecular formula is C56H38N4O. The van der Waals surface area contributed by atoms with Crippen molar-refractivity contribution in [3.8, 4) is 62.1 Å². The van der Waals surface area contributed by atoms with E-state index in [0.29, 0.717) is 17.6 Å². The van der Waals surface area contributed by atoms with Crippen LogP contribution in [0.25, 0.3) is 118 Å². The Hall–Kier alpha value is -8.15. The summed E-state index contributed by atoms with van der Waals surface area (Å²) in [6, 6.07) is 63.8. The van der Waals surface area contributed by atoms with Gasteiger partial charge in [0.15, 0.2) is 11.6 Å². The highest BCUT2D eigenvalue weighted by Crippen LogP contribution is 2.41. The SMILES string of the molecule is C=Cc1c(/C=C\C)oc2c(-c3cccc(-c4cccc(-c5cccc6c7cc8ccccc8cc7n(-c7nc(-c8ccccc8)nc(-c8ccccc8)n7)c56)c4)c3)cccc12. The van der Waals surface area contributed by atoms with Crippen LogP contribution < -0.4 is 0 Å². The van der Waals surface area contributed by atoms with Gasteiger partial charge in [0.05, 0.1) is 11.0 Å². The number of fused-ring (bicyclic) bond motifs is 5. The van der Waals surface area contributed by atoms with E-state index in [4.69, 9.17) is 19.4 Å². The molecule has 11 rings (SSSR count). The minimum atomic E-state index is 0.559. The second kappa shape index (κ2) is 14.9. The molecule has 0 spiro atoms. The summed E-state index contributed by atoms with van der Waals surface area (Å²) in [6.07, 6.45) is 5.87. The van der Waals surface area contributed by atoms with Crippen LogP contribution in [-0.2, 0) is 0 Å². The smallest absolute Gasteiger partial charge is 0.238 e. The number of hydrogen-bond acceptors (Lipinski definition) is 4. The lowest BCUT2D eigenvalue weighted by Crippen LogP contribution is -2.07. The predicted octanol–water partition coefficient (Wildman–Crippen LogP) is 14.9. The van der Waals surface area contributed by atoms with Gasteiger partial charge in [-0.1, -0.05) is 176 Å². The van der Waals surface area contributed by atoms with Crippen molar-refractivity contribution in [3.05, 3.63) is 206 Å². The Balaban J connectivity index is 1.12. The molecule has 0 saturated carbocycles. The fourth-order valence-electron chi connectivity index (χ4n) is 8.69. The summed E-state index contributed by atoms with van der Waals surface area (Å²) in [5, 5.41) is 5.63.